The Morgan fingerprint density at radius 3 is 2.29 bits per heavy atom. The fraction of sp³-hybridized carbons (Fsp3) is 0.273. The van der Waals surface area contributed by atoms with Crippen LogP contribution in [0.5, 0.6) is 0 Å². The van der Waals surface area contributed by atoms with E-state index in [0.717, 1.165) is 11.3 Å². The zero-order chi connectivity index (χ0) is 22.4. The van der Waals surface area contributed by atoms with Crippen molar-refractivity contribution < 1.29 is 12.8 Å². The van der Waals surface area contributed by atoms with Crippen molar-refractivity contribution in [3.05, 3.63) is 71.7 Å². The van der Waals surface area contributed by atoms with E-state index in [4.69, 9.17) is 0 Å². The van der Waals surface area contributed by atoms with Crippen molar-refractivity contribution in [3.8, 4) is 0 Å². The molecule has 0 bridgehead atoms. The molecule has 0 aliphatic heterocycles. The summed E-state index contributed by atoms with van der Waals surface area (Å²) in [5.41, 5.74) is 2.52. The average Bonchev–Trinajstić information content (AvgIpc) is 2.73. The largest absolute Gasteiger partial charge is 0.353 e. The van der Waals surface area contributed by atoms with E-state index in [1.165, 1.54) is 12.1 Å². The second-order valence-electron chi connectivity index (χ2n) is 7.43. The van der Waals surface area contributed by atoms with Crippen molar-refractivity contribution in [2.45, 2.75) is 31.6 Å². The van der Waals surface area contributed by atoms with Gasteiger partial charge in [-0.2, -0.15) is 4.98 Å². The molecule has 9 heteroatoms. The topological polar surface area (TPSA) is 96.0 Å². The monoisotopic (exact) mass is 443 g/mol. The van der Waals surface area contributed by atoms with Crippen molar-refractivity contribution in [1.82, 2.24) is 14.7 Å². The molecule has 3 aromatic rings. The maximum absolute atomic E-state index is 13.1. The lowest BCUT2D eigenvalue weighted by Crippen LogP contribution is -2.29. The Kier molecular flexibility index (Phi) is 7.19. The van der Waals surface area contributed by atoms with Crippen LogP contribution in [0.1, 0.15) is 31.0 Å². The molecule has 0 unspecified atom stereocenters. The predicted molar refractivity (Wildman–Crippen MR) is 121 cm³/mol. The molecular weight excluding hydrogens is 417 g/mol. The van der Waals surface area contributed by atoms with Crippen molar-refractivity contribution in [3.63, 3.8) is 0 Å². The van der Waals surface area contributed by atoms with Crippen LogP contribution >= 0.6 is 0 Å². The second kappa shape index (κ2) is 9.84. The molecule has 0 aliphatic carbocycles. The van der Waals surface area contributed by atoms with Gasteiger partial charge in [0.15, 0.2) is 0 Å². The molecule has 164 valence electrons. The summed E-state index contributed by atoms with van der Waals surface area (Å²) in [6.07, 6.45) is 0. The molecule has 31 heavy (non-hydrogen) atoms. The average molecular weight is 444 g/mol. The van der Waals surface area contributed by atoms with E-state index >= 15 is 0 Å². The quantitative estimate of drug-likeness (QED) is 0.430. The molecule has 0 spiro atoms. The van der Waals surface area contributed by atoms with Gasteiger partial charge in [0, 0.05) is 24.8 Å². The predicted octanol–water partition coefficient (Wildman–Crippen LogP) is 4.18. The van der Waals surface area contributed by atoms with Crippen LogP contribution in [0.25, 0.3) is 0 Å². The minimum atomic E-state index is -3.58. The molecular formula is C22H26FN5O2S. The highest BCUT2D eigenvalue weighted by atomic mass is 32.2. The fourth-order valence-electron chi connectivity index (χ4n) is 2.75. The smallest absolute Gasteiger partial charge is 0.240 e. The van der Waals surface area contributed by atoms with Crippen molar-refractivity contribution in [2.75, 3.05) is 23.7 Å². The summed E-state index contributed by atoms with van der Waals surface area (Å²) >= 11 is 0. The van der Waals surface area contributed by atoms with Gasteiger partial charge in [-0.25, -0.2) is 22.5 Å². The van der Waals surface area contributed by atoms with Gasteiger partial charge >= 0.3 is 0 Å². The Labute approximate surface area is 182 Å². The van der Waals surface area contributed by atoms with E-state index in [1.807, 2.05) is 26.8 Å². The third-order valence-corrected chi connectivity index (χ3v) is 5.96. The number of aryl methyl sites for hydroxylation is 1. The SMILES string of the molecule is Cc1ccc(S(=O)(=O)NCCNc2nc(Nc3ccc(F)cc3)cc(C(C)C)n2)cc1. The molecule has 7 nitrogen and oxygen atoms in total. The molecule has 3 N–H and O–H groups in total. The standard InChI is InChI=1S/C22H26FN5O2S/c1-15(2)20-14-21(26-18-8-6-17(23)7-9-18)28-22(27-20)24-12-13-25-31(29,30)19-10-4-16(3)5-11-19/h4-11,14-15,25H,12-13H2,1-3H3,(H2,24,26,27,28). The Morgan fingerprint density at radius 1 is 0.968 bits per heavy atom. The lowest BCUT2D eigenvalue weighted by Gasteiger charge is -2.13. The number of anilines is 3. The Bertz CT molecular complexity index is 1120. The van der Waals surface area contributed by atoms with Crippen LogP contribution in [0.4, 0.5) is 21.8 Å². The molecule has 0 aliphatic rings. The zero-order valence-electron chi connectivity index (χ0n) is 17.7. The number of halogens is 1. The normalized spacial score (nSPS) is 11.5. The summed E-state index contributed by atoms with van der Waals surface area (Å²) in [4.78, 5) is 9.15. The highest BCUT2D eigenvalue weighted by molar-refractivity contribution is 7.89. The third-order valence-electron chi connectivity index (χ3n) is 4.49. The number of aromatic nitrogens is 2. The van der Waals surface area contributed by atoms with Gasteiger partial charge in [-0.15, -0.1) is 0 Å². The van der Waals surface area contributed by atoms with Crippen LogP contribution in [-0.4, -0.2) is 31.5 Å². The van der Waals surface area contributed by atoms with Gasteiger partial charge < -0.3 is 10.6 Å². The number of hydrogen-bond donors (Lipinski definition) is 3. The van der Waals surface area contributed by atoms with E-state index in [0.29, 0.717) is 24.0 Å². The summed E-state index contributed by atoms with van der Waals surface area (Å²) < 4.78 is 40.4. The van der Waals surface area contributed by atoms with E-state index in [-0.39, 0.29) is 23.2 Å². The number of sulfonamides is 1. The van der Waals surface area contributed by atoms with Gasteiger partial charge in [0.2, 0.25) is 16.0 Å². The molecule has 0 fully saturated rings. The second-order valence-corrected chi connectivity index (χ2v) is 9.19. The van der Waals surface area contributed by atoms with Crippen LogP contribution in [0.15, 0.2) is 59.5 Å². The lowest BCUT2D eigenvalue weighted by atomic mass is 10.1. The molecule has 0 radical (unpaired) electrons. The van der Waals surface area contributed by atoms with Crippen LogP contribution in [-0.2, 0) is 10.0 Å². The summed E-state index contributed by atoms with van der Waals surface area (Å²) in [6.45, 7) is 6.42. The first-order valence-electron chi connectivity index (χ1n) is 9.95. The number of nitrogens with zero attached hydrogens (tertiary/aromatic N) is 2. The van der Waals surface area contributed by atoms with Gasteiger partial charge in [0.05, 0.1) is 10.6 Å². The van der Waals surface area contributed by atoms with Crippen LogP contribution in [0, 0.1) is 12.7 Å². The van der Waals surface area contributed by atoms with E-state index < -0.39 is 10.0 Å². The first kappa shape index (κ1) is 22.6. The molecule has 0 amide bonds. The Balaban J connectivity index is 1.64. The fourth-order valence-corrected chi connectivity index (χ4v) is 3.78. The number of rotatable bonds is 9. The van der Waals surface area contributed by atoms with Gasteiger partial charge in [-0.05, 0) is 49.2 Å². The number of benzene rings is 2. The van der Waals surface area contributed by atoms with E-state index in [1.54, 1.807) is 36.4 Å². The number of hydrogen-bond acceptors (Lipinski definition) is 6. The Hall–Kier alpha value is -3.04. The van der Waals surface area contributed by atoms with Gasteiger partial charge in [0.25, 0.3) is 0 Å². The summed E-state index contributed by atoms with van der Waals surface area (Å²) in [5.74, 6) is 0.794. The van der Waals surface area contributed by atoms with Crippen molar-refractivity contribution >= 4 is 27.5 Å². The zero-order valence-corrected chi connectivity index (χ0v) is 18.5. The van der Waals surface area contributed by atoms with Crippen LogP contribution in [0.3, 0.4) is 0 Å². The molecule has 0 saturated carbocycles. The van der Waals surface area contributed by atoms with Crippen LogP contribution in [0.2, 0.25) is 0 Å². The molecule has 3 rings (SSSR count). The van der Waals surface area contributed by atoms with Crippen molar-refractivity contribution in [2.24, 2.45) is 0 Å². The maximum Gasteiger partial charge on any atom is 0.240 e. The van der Waals surface area contributed by atoms with Gasteiger partial charge in [-0.3, -0.25) is 0 Å². The van der Waals surface area contributed by atoms with E-state index in [2.05, 4.69) is 25.3 Å². The molecule has 2 aromatic carbocycles. The summed E-state index contributed by atoms with van der Waals surface area (Å²) in [7, 11) is -3.58. The molecule has 0 saturated heterocycles. The third kappa shape index (κ3) is 6.47. The lowest BCUT2D eigenvalue weighted by molar-refractivity contribution is 0.583. The van der Waals surface area contributed by atoms with Gasteiger partial charge in [0.1, 0.15) is 11.6 Å². The Morgan fingerprint density at radius 2 is 1.65 bits per heavy atom. The van der Waals surface area contributed by atoms with Crippen LogP contribution < -0.4 is 15.4 Å². The molecule has 0 atom stereocenters. The first-order chi connectivity index (χ1) is 14.7. The van der Waals surface area contributed by atoms with Crippen molar-refractivity contribution in [1.29, 1.82) is 0 Å². The minimum Gasteiger partial charge on any atom is -0.353 e. The first-order valence-corrected chi connectivity index (χ1v) is 11.4. The van der Waals surface area contributed by atoms with Gasteiger partial charge in [-0.1, -0.05) is 31.5 Å². The summed E-state index contributed by atoms with van der Waals surface area (Å²) in [5, 5.41) is 6.20. The minimum absolute atomic E-state index is 0.164. The highest BCUT2D eigenvalue weighted by Gasteiger charge is 2.13. The maximum atomic E-state index is 13.1. The highest BCUT2D eigenvalue weighted by Crippen LogP contribution is 2.21. The molecule has 1 aromatic heterocycles. The summed E-state index contributed by atoms with van der Waals surface area (Å²) in [6, 6.07) is 14.5. The number of nitrogens with one attached hydrogen (secondary N) is 3. The van der Waals surface area contributed by atoms with E-state index in [9.17, 15) is 12.8 Å². The molecule has 1 heterocycles.